The second-order valence-electron chi connectivity index (χ2n) is 3.79. The number of fused-ring (bicyclic) bond motifs is 1. The molecule has 0 aliphatic rings. The summed E-state index contributed by atoms with van der Waals surface area (Å²) in [5.41, 5.74) is 3.21. The number of benzene rings is 1. The van der Waals surface area contributed by atoms with Gasteiger partial charge in [0.05, 0.1) is 5.52 Å². The number of hydrogen-bond acceptors (Lipinski definition) is 2. The van der Waals surface area contributed by atoms with Gasteiger partial charge in [0.1, 0.15) is 0 Å². The Bertz CT molecular complexity index is 614. The van der Waals surface area contributed by atoms with Gasteiger partial charge in [-0.25, -0.2) is 0 Å². The highest BCUT2D eigenvalue weighted by Crippen LogP contribution is 2.22. The highest BCUT2D eigenvalue weighted by atomic mass is 16.1. The molecule has 2 rings (SSSR count). The molecule has 0 bridgehead atoms. The van der Waals surface area contributed by atoms with Gasteiger partial charge >= 0.3 is 0 Å². The summed E-state index contributed by atoms with van der Waals surface area (Å²) in [6, 6.07) is 5.29. The van der Waals surface area contributed by atoms with Crippen LogP contribution in [0.1, 0.15) is 11.1 Å². The van der Waals surface area contributed by atoms with Gasteiger partial charge in [0.25, 0.3) is 0 Å². The number of carbonyl (C=O) groups excluding carboxylic acids is 1. The van der Waals surface area contributed by atoms with Crippen LogP contribution >= 0.6 is 0 Å². The van der Waals surface area contributed by atoms with Gasteiger partial charge in [-0.1, -0.05) is 0 Å². The van der Waals surface area contributed by atoms with Gasteiger partial charge < -0.3 is 10.3 Å². The van der Waals surface area contributed by atoms with Crippen molar-refractivity contribution in [2.45, 2.75) is 13.8 Å². The molecule has 16 heavy (non-hydrogen) atoms. The van der Waals surface area contributed by atoms with Gasteiger partial charge in [-0.05, 0) is 37.1 Å². The second kappa shape index (κ2) is 3.81. The number of pyridine rings is 1. The number of hydrogen-bond donors (Lipinski definition) is 2. The molecule has 0 spiro atoms. The summed E-state index contributed by atoms with van der Waals surface area (Å²) in [5.74, 6) is 0. The van der Waals surface area contributed by atoms with Crippen LogP contribution < -0.4 is 10.9 Å². The van der Waals surface area contributed by atoms with Crippen LogP contribution in [0.5, 0.6) is 0 Å². The Balaban J connectivity index is 2.78. The second-order valence-corrected chi connectivity index (χ2v) is 3.79. The summed E-state index contributed by atoms with van der Waals surface area (Å²) >= 11 is 0. The van der Waals surface area contributed by atoms with Crippen molar-refractivity contribution in [2.75, 3.05) is 5.32 Å². The van der Waals surface area contributed by atoms with E-state index in [9.17, 15) is 9.59 Å². The number of amides is 1. The molecule has 2 aromatic rings. The number of H-pyrrole nitrogens is 1. The molecule has 0 unspecified atom stereocenters. The van der Waals surface area contributed by atoms with E-state index in [1.54, 1.807) is 12.1 Å². The average molecular weight is 216 g/mol. The largest absolute Gasteiger partial charge is 0.328 e. The monoisotopic (exact) mass is 216 g/mol. The predicted octanol–water partition coefficient (Wildman–Crippen LogP) is 1.71. The summed E-state index contributed by atoms with van der Waals surface area (Å²) in [6.45, 7) is 3.81. The molecule has 0 radical (unpaired) electrons. The summed E-state index contributed by atoms with van der Waals surface area (Å²) in [7, 11) is 0. The number of aromatic nitrogens is 1. The zero-order valence-electron chi connectivity index (χ0n) is 9.13. The molecule has 2 N–H and O–H groups in total. The van der Waals surface area contributed by atoms with Gasteiger partial charge in [-0.2, -0.15) is 0 Å². The van der Waals surface area contributed by atoms with Crippen molar-refractivity contribution in [3.05, 3.63) is 39.7 Å². The number of aromatic amines is 1. The Morgan fingerprint density at radius 1 is 1.19 bits per heavy atom. The third-order valence-electron chi connectivity index (χ3n) is 2.61. The lowest BCUT2D eigenvalue weighted by Gasteiger charge is -2.08. The molecule has 0 aliphatic carbocycles. The standard InChI is InChI=1S/C12H12N2O2/c1-7-4-12(16)14-11-5-10(13-6-15)8(2)3-9(7)11/h3-6H,1-2H3,(H,13,15)(H,14,16). The van der Waals surface area contributed by atoms with Crippen LogP contribution in [0.4, 0.5) is 5.69 Å². The Morgan fingerprint density at radius 3 is 2.62 bits per heavy atom. The number of rotatable bonds is 2. The van der Waals surface area contributed by atoms with E-state index in [0.29, 0.717) is 12.1 Å². The van der Waals surface area contributed by atoms with Gasteiger partial charge in [-0.15, -0.1) is 0 Å². The van der Waals surface area contributed by atoms with Crippen LogP contribution in [0.3, 0.4) is 0 Å². The van der Waals surface area contributed by atoms with E-state index in [1.807, 2.05) is 19.9 Å². The summed E-state index contributed by atoms with van der Waals surface area (Å²) < 4.78 is 0. The molecule has 0 aliphatic heterocycles. The molecule has 1 heterocycles. The summed E-state index contributed by atoms with van der Waals surface area (Å²) in [5, 5.41) is 3.60. The zero-order chi connectivity index (χ0) is 11.7. The van der Waals surface area contributed by atoms with Gasteiger partial charge in [0.2, 0.25) is 12.0 Å². The number of nitrogens with one attached hydrogen (secondary N) is 2. The van der Waals surface area contributed by atoms with Crippen LogP contribution in [-0.2, 0) is 4.79 Å². The highest BCUT2D eigenvalue weighted by Gasteiger charge is 2.04. The van der Waals surface area contributed by atoms with E-state index in [4.69, 9.17) is 0 Å². The maximum atomic E-state index is 11.3. The first kappa shape index (κ1) is 10.4. The highest BCUT2D eigenvalue weighted by molar-refractivity contribution is 5.88. The first-order valence-corrected chi connectivity index (χ1v) is 4.96. The van der Waals surface area contributed by atoms with Crippen molar-refractivity contribution >= 4 is 23.0 Å². The maximum absolute atomic E-state index is 11.3. The Kier molecular flexibility index (Phi) is 2.48. The lowest BCUT2D eigenvalue weighted by Crippen LogP contribution is -2.06. The number of aryl methyl sites for hydroxylation is 2. The van der Waals surface area contributed by atoms with Crippen molar-refractivity contribution in [2.24, 2.45) is 0 Å². The van der Waals surface area contributed by atoms with E-state index in [1.165, 1.54) is 0 Å². The minimum absolute atomic E-state index is 0.133. The summed E-state index contributed by atoms with van der Waals surface area (Å²) in [6.07, 6.45) is 0.627. The first-order valence-electron chi connectivity index (χ1n) is 4.96. The van der Waals surface area contributed by atoms with Crippen LogP contribution in [0.2, 0.25) is 0 Å². The van der Waals surface area contributed by atoms with E-state index in [2.05, 4.69) is 10.3 Å². The zero-order valence-corrected chi connectivity index (χ0v) is 9.13. The lowest BCUT2D eigenvalue weighted by molar-refractivity contribution is -0.105. The molecule has 0 fully saturated rings. The third-order valence-corrected chi connectivity index (χ3v) is 2.61. The fraction of sp³-hybridized carbons (Fsp3) is 0.167. The lowest BCUT2D eigenvalue weighted by atomic mass is 10.1. The fourth-order valence-electron chi connectivity index (χ4n) is 1.80. The average Bonchev–Trinajstić information content (AvgIpc) is 2.21. The van der Waals surface area contributed by atoms with Crippen LogP contribution in [0.25, 0.3) is 10.9 Å². The quantitative estimate of drug-likeness (QED) is 0.751. The fourth-order valence-corrected chi connectivity index (χ4v) is 1.80. The van der Waals surface area contributed by atoms with Crippen molar-refractivity contribution in [1.29, 1.82) is 0 Å². The molecule has 1 aromatic carbocycles. The molecule has 4 nitrogen and oxygen atoms in total. The SMILES string of the molecule is Cc1cc2c(C)cc(=O)[nH]c2cc1NC=O. The van der Waals surface area contributed by atoms with Crippen LogP contribution in [0, 0.1) is 13.8 Å². The van der Waals surface area contributed by atoms with Crippen molar-refractivity contribution in [1.82, 2.24) is 4.98 Å². The minimum Gasteiger partial charge on any atom is -0.328 e. The normalized spacial score (nSPS) is 10.4. The molecular weight excluding hydrogens is 204 g/mol. The molecule has 0 saturated carbocycles. The molecule has 0 saturated heterocycles. The Hall–Kier alpha value is -2.10. The van der Waals surface area contributed by atoms with Gasteiger partial charge in [0.15, 0.2) is 0 Å². The molecule has 0 atom stereocenters. The van der Waals surface area contributed by atoms with Crippen LogP contribution in [-0.4, -0.2) is 11.4 Å². The molecule has 82 valence electrons. The van der Waals surface area contributed by atoms with Gasteiger partial charge in [-0.3, -0.25) is 9.59 Å². The number of carbonyl (C=O) groups is 1. The van der Waals surface area contributed by atoms with Gasteiger partial charge in [0, 0.05) is 17.1 Å². The van der Waals surface area contributed by atoms with Crippen molar-refractivity contribution < 1.29 is 4.79 Å². The topological polar surface area (TPSA) is 62.0 Å². The smallest absolute Gasteiger partial charge is 0.248 e. The molecule has 1 aromatic heterocycles. The summed E-state index contributed by atoms with van der Waals surface area (Å²) in [4.78, 5) is 24.5. The predicted molar refractivity (Wildman–Crippen MR) is 63.7 cm³/mol. The maximum Gasteiger partial charge on any atom is 0.248 e. The Morgan fingerprint density at radius 2 is 1.94 bits per heavy atom. The van der Waals surface area contributed by atoms with Crippen molar-refractivity contribution in [3.8, 4) is 0 Å². The Labute approximate surface area is 92.3 Å². The van der Waals surface area contributed by atoms with E-state index in [0.717, 1.165) is 22.0 Å². The molecular formula is C12H12N2O2. The number of anilines is 1. The van der Waals surface area contributed by atoms with E-state index >= 15 is 0 Å². The first-order chi connectivity index (χ1) is 7.61. The third kappa shape index (κ3) is 1.69. The van der Waals surface area contributed by atoms with Crippen molar-refractivity contribution in [3.63, 3.8) is 0 Å². The van der Waals surface area contributed by atoms with Crippen LogP contribution in [0.15, 0.2) is 23.0 Å². The molecule has 1 amide bonds. The van der Waals surface area contributed by atoms with E-state index < -0.39 is 0 Å². The minimum atomic E-state index is -0.133. The molecule has 4 heteroatoms. The van der Waals surface area contributed by atoms with E-state index in [-0.39, 0.29) is 5.56 Å².